The zero-order valence-corrected chi connectivity index (χ0v) is 12.8. The molecule has 1 aromatic carbocycles. The summed E-state index contributed by atoms with van der Waals surface area (Å²) in [6.45, 7) is 2.12. The van der Waals surface area contributed by atoms with Crippen LogP contribution in [-0.2, 0) is 16.0 Å². The maximum atomic E-state index is 13.6. The third-order valence-electron chi connectivity index (χ3n) is 2.79. The normalized spacial score (nSPS) is 10.4. The maximum absolute atomic E-state index is 13.6. The third-order valence-corrected chi connectivity index (χ3v) is 3.86. The number of anilines is 1. The van der Waals surface area contributed by atoms with Crippen LogP contribution in [0.5, 0.6) is 0 Å². The van der Waals surface area contributed by atoms with Crippen molar-refractivity contribution < 1.29 is 19.1 Å². The molecule has 0 bridgehead atoms. The van der Waals surface area contributed by atoms with Gasteiger partial charge < -0.3 is 10.4 Å². The summed E-state index contributed by atoms with van der Waals surface area (Å²) in [5.74, 6) is -0.0834. The molecular formula is C15H20FNO3S. The van der Waals surface area contributed by atoms with Gasteiger partial charge in [-0.25, -0.2) is 4.39 Å². The Balaban J connectivity index is 2.42. The number of nitrogens with one attached hydrogen (secondary N) is 1. The van der Waals surface area contributed by atoms with E-state index in [-0.39, 0.29) is 17.9 Å². The summed E-state index contributed by atoms with van der Waals surface area (Å²) in [6, 6.07) is 4.05. The van der Waals surface area contributed by atoms with Crippen molar-refractivity contribution in [3.05, 3.63) is 29.6 Å². The quantitative estimate of drug-likeness (QED) is 0.686. The van der Waals surface area contributed by atoms with Gasteiger partial charge in [0.25, 0.3) is 0 Å². The number of benzene rings is 1. The van der Waals surface area contributed by atoms with Crippen molar-refractivity contribution in [2.45, 2.75) is 32.6 Å². The number of carboxylic acids is 1. The van der Waals surface area contributed by atoms with Gasteiger partial charge in [-0.3, -0.25) is 9.59 Å². The van der Waals surface area contributed by atoms with E-state index in [2.05, 4.69) is 12.2 Å². The lowest BCUT2D eigenvalue weighted by Crippen LogP contribution is -2.13. The van der Waals surface area contributed by atoms with E-state index in [4.69, 9.17) is 5.11 Å². The fraction of sp³-hybridized carbons (Fsp3) is 0.467. The van der Waals surface area contributed by atoms with Crippen molar-refractivity contribution in [2.75, 3.05) is 16.8 Å². The highest BCUT2D eigenvalue weighted by molar-refractivity contribution is 7.99. The molecule has 0 saturated heterocycles. The van der Waals surface area contributed by atoms with Crippen LogP contribution in [0.1, 0.15) is 31.7 Å². The Hall–Kier alpha value is -1.56. The van der Waals surface area contributed by atoms with Crippen LogP contribution in [0, 0.1) is 5.82 Å². The van der Waals surface area contributed by atoms with Crippen molar-refractivity contribution in [2.24, 2.45) is 0 Å². The number of aliphatic carboxylic acids is 1. The van der Waals surface area contributed by atoms with Crippen molar-refractivity contribution in [3.8, 4) is 0 Å². The van der Waals surface area contributed by atoms with E-state index in [1.54, 1.807) is 11.8 Å². The van der Waals surface area contributed by atoms with E-state index < -0.39 is 11.8 Å². The molecule has 116 valence electrons. The number of hydrogen-bond donors (Lipinski definition) is 2. The molecule has 0 aliphatic carbocycles. The van der Waals surface area contributed by atoms with E-state index >= 15 is 0 Å². The molecule has 1 rings (SSSR count). The second-order valence-corrected chi connectivity index (χ2v) is 5.87. The van der Waals surface area contributed by atoms with Crippen LogP contribution < -0.4 is 5.32 Å². The van der Waals surface area contributed by atoms with Crippen molar-refractivity contribution in [1.82, 2.24) is 0 Å². The molecule has 21 heavy (non-hydrogen) atoms. The van der Waals surface area contributed by atoms with Crippen LogP contribution in [-0.4, -0.2) is 28.5 Å². The first-order valence-corrected chi connectivity index (χ1v) is 8.06. The Morgan fingerprint density at radius 3 is 2.71 bits per heavy atom. The van der Waals surface area contributed by atoms with Gasteiger partial charge in [-0.1, -0.05) is 19.4 Å². The highest BCUT2D eigenvalue weighted by atomic mass is 32.2. The summed E-state index contributed by atoms with van der Waals surface area (Å²) in [7, 11) is 0. The minimum absolute atomic E-state index is 0.107. The topological polar surface area (TPSA) is 66.4 Å². The van der Waals surface area contributed by atoms with Crippen LogP contribution >= 0.6 is 11.8 Å². The number of halogens is 1. The average molecular weight is 313 g/mol. The first-order chi connectivity index (χ1) is 10.0. The van der Waals surface area contributed by atoms with Crippen LogP contribution in [0.15, 0.2) is 18.2 Å². The minimum Gasteiger partial charge on any atom is -0.481 e. The molecule has 0 spiro atoms. The number of amides is 1. The van der Waals surface area contributed by atoms with E-state index in [1.165, 1.54) is 12.1 Å². The average Bonchev–Trinajstić information content (AvgIpc) is 2.41. The third kappa shape index (κ3) is 7.13. The fourth-order valence-electron chi connectivity index (χ4n) is 1.67. The van der Waals surface area contributed by atoms with Gasteiger partial charge in [0.05, 0.1) is 6.42 Å². The lowest BCUT2D eigenvalue weighted by molar-refractivity contribution is -0.136. The Kier molecular flexibility index (Phi) is 7.82. The number of carboxylic acid groups (broad SMARTS) is 1. The summed E-state index contributed by atoms with van der Waals surface area (Å²) < 4.78 is 13.6. The predicted octanol–water partition coefficient (Wildman–Crippen LogP) is 3.31. The smallest absolute Gasteiger partial charge is 0.307 e. The van der Waals surface area contributed by atoms with Crippen molar-refractivity contribution in [1.29, 1.82) is 0 Å². The number of carbonyl (C=O) groups is 2. The SMILES string of the molecule is CCCCSCCC(=O)Nc1ccc(CC(=O)O)c(F)c1. The van der Waals surface area contributed by atoms with Gasteiger partial charge in [0.2, 0.25) is 5.91 Å². The summed E-state index contributed by atoms with van der Waals surface area (Å²) in [5.41, 5.74) is 0.459. The van der Waals surface area contributed by atoms with Gasteiger partial charge in [-0.15, -0.1) is 0 Å². The van der Waals surface area contributed by atoms with Gasteiger partial charge in [0.1, 0.15) is 5.82 Å². The molecule has 0 atom stereocenters. The monoisotopic (exact) mass is 313 g/mol. The molecule has 0 aromatic heterocycles. The molecular weight excluding hydrogens is 293 g/mol. The molecule has 2 N–H and O–H groups in total. The van der Waals surface area contributed by atoms with Crippen LogP contribution in [0.4, 0.5) is 10.1 Å². The van der Waals surface area contributed by atoms with E-state index in [1.807, 2.05) is 0 Å². The van der Waals surface area contributed by atoms with Gasteiger partial charge in [0.15, 0.2) is 0 Å². The molecule has 0 unspecified atom stereocenters. The predicted molar refractivity (Wildman–Crippen MR) is 83.2 cm³/mol. The number of carbonyl (C=O) groups excluding carboxylic acids is 1. The van der Waals surface area contributed by atoms with Crippen molar-refractivity contribution in [3.63, 3.8) is 0 Å². The van der Waals surface area contributed by atoms with Crippen LogP contribution in [0.25, 0.3) is 0 Å². The highest BCUT2D eigenvalue weighted by Crippen LogP contribution is 2.16. The number of thioether (sulfide) groups is 1. The first-order valence-electron chi connectivity index (χ1n) is 6.90. The largest absolute Gasteiger partial charge is 0.481 e. The fourth-order valence-corrected chi connectivity index (χ4v) is 2.69. The van der Waals surface area contributed by atoms with Gasteiger partial charge in [-0.05, 0) is 29.9 Å². The lowest BCUT2D eigenvalue weighted by Gasteiger charge is -2.07. The second kappa shape index (κ2) is 9.39. The summed E-state index contributed by atoms with van der Waals surface area (Å²) in [6.07, 6.45) is 2.30. The van der Waals surface area contributed by atoms with Gasteiger partial charge >= 0.3 is 5.97 Å². The molecule has 1 amide bonds. The lowest BCUT2D eigenvalue weighted by atomic mass is 10.1. The zero-order valence-electron chi connectivity index (χ0n) is 12.0. The van der Waals surface area contributed by atoms with E-state index in [0.29, 0.717) is 12.1 Å². The summed E-state index contributed by atoms with van der Waals surface area (Å²) >= 11 is 1.73. The number of unbranched alkanes of at least 4 members (excludes halogenated alkanes) is 1. The number of rotatable bonds is 9. The molecule has 0 heterocycles. The summed E-state index contributed by atoms with van der Waals surface area (Å²) in [5, 5.41) is 11.2. The van der Waals surface area contributed by atoms with Crippen molar-refractivity contribution >= 4 is 29.3 Å². The minimum atomic E-state index is -1.09. The number of hydrogen-bond acceptors (Lipinski definition) is 3. The molecule has 4 nitrogen and oxygen atoms in total. The van der Waals surface area contributed by atoms with E-state index in [0.717, 1.165) is 30.4 Å². The Labute approximate surface area is 128 Å². The highest BCUT2D eigenvalue weighted by Gasteiger charge is 2.09. The van der Waals surface area contributed by atoms with Crippen LogP contribution in [0.2, 0.25) is 0 Å². The second-order valence-electron chi connectivity index (χ2n) is 4.64. The van der Waals surface area contributed by atoms with E-state index in [9.17, 15) is 14.0 Å². The zero-order chi connectivity index (χ0) is 15.7. The Morgan fingerprint density at radius 2 is 2.10 bits per heavy atom. The molecule has 6 heteroatoms. The molecule has 0 aliphatic rings. The van der Waals surface area contributed by atoms with Crippen LogP contribution in [0.3, 0.4) is 0 Å². The molecule has 0 saturated carbocycles. The molecule has 0 aliphatic heterocycles. The standard InChI is InChI=1S/C15H20FNO3S/c1-2-3-7-21-8-6-14(18)17-12-5-4-11(9-15(19)20)13(16)10-12/h4-5,10H,2-3,6-9H2,1H3,(H,17,18)(H,19,20). The molecule has 0 fully saturated rings. The van der Waals surface area contributed by atoms with Gasteiger partial charge in [0, 0.05) is 17.9 Å². The summed E-state index contributed by atoms with van der Waals surface area (Å²) in [4.78, 5) is 22.2. The maximum Gasteiger partial charge on any atom is 0.307 e. The van der Waals surface area contributed by atoms with Gasteiger partial charge in [-0.2, -0.15) is 11.8 Å². The first kappa shape index (κ1) is 17.5. The Bertz CT molecular complexity index is 494. The molecule has 1 aromatic rings. The molecule has 0 radical (unpaired) electrons. The Morgan fingerprint density at radius 1 is 1.33 bits per heavy atom.